The zero-order valence-corrected chi connectivity index (χ0v) is 18.6. The number of hydrogen-bond donors (Lipinski definition) is 0. The van der Waals surface area contributed by atoms with Crippen molar-refractivity contribution in [2.45, 2.75) is 32.1 Å². The van der Waals surface area contributed by atoms with Crippen molar-refractivity contribution in [3.63, 3.8) is 0 Å². The van der Waals surface area contributed by atoms with Gasteiger partial charge in [0.2, 0.25) is 0 Å². The molecule has 0 amide bonds. The first kappa shape index (κ1) is 21.1. The quantitative estimate of drug-likeness (QED) is 0.291. The number of para-hydroxylation sites is 1. The molecule has 1 aliphatic rings. The third kappa shape index (κ3) is 4.29. The molecular weight excluding hydrogens is 410 g/mol. The molecule has 5 rings (SSSR count). The maximum atomic E-state index is 13.4. The second-order valence-corrected chi connectivity index (χ2v) is 8.64. The van der Waals surface area contributed by atoms with E-state index < -0.39 is 5.97 Å². The van der Waals surface area contributed by atoms with Crippen LogP contribution in [-0.4, -0.2) is 23.3 Å². The lowest BCUT2D eigenvalue weighted by molar-refractivity contribution is 0.0475. The lowest BCUT2D eigenvalue weighted by Gasteiger charge is -2.26. The van der Waals surface area contributed by atoms with Crippen molar-refractivity contribution in [1.82, 2.24) is 4.98 Å². The van der Waals surface area contributed by atoms with Gasteiger partial charge in [-0.05, 0) is 49.3 Å². The highest BCUT2D eigenvalue weighted by Gasteiger charge is 2.28. The van der Waals surface area contributed by atoms with Gasteiger partial charge in [-0.2, -0.15) is 0 Å². The number of carbonyl (C=O) groups is 2. The van der Waals surface area contributed by atoms with Crippen LogP contribution >= 0.6 is 0 Å². The number of benzene rings is 3. The highest BCUT2D eigenvalue weighted by Crippen LogP contribution is 2.36. The molecule has 0 radical (unpaired) electrons. The van der Waals surface area contributed by atoms with Gasteiger partial charge in [-0.3, -0.25) is 9.78 Å². The number of carbonyl (C=O) groups excluding carboxylic acids is 2. The number of aromatic nitrogens is 1. The molecule has 0 aliphatic heterocycles. The minimum absolute atomic E-state index is 0.210. The average Bonchev–Trinajstić information content (AvgIpc) is 2.86. The normalized spacial score (nSPS) is 15.1. The summed E-state index contributed by atoms with van der Waals surface area (Å²) in [5.41, 5.74) is 6.12. The molecule has 164 valence electrons. The molecule has 0 unspecified atom stereocenters. The molecule has 0 fully saturated rings. The number of fused-ring (bicyclic) bond motifs is 2. The van der Waals surface area contributed by atoms with Gasteiger partial charge in [0.1, 0.15) is 0 Å². The number of ketones is 1. The highest BCUT2D eigenvalue weighted by atomic mass is 16.5. The Morgan fingerprint density at radius 3 is 2.45 bits per heavy atom. The molecule has 33 heavy (non-hydrogen) atoms. The monoisotopic (exact) mass is 435 g/mol. The molecule has 1 atom stereocenters. The van der Waals surface area contributed by atoms with Gasteiger partial charge in [0.15, 0.2) is 12.4 Å². The van der Waals surface area contributed by atoms with Gasteiger partial charge in [-0.25, -0.2) is 4.79 Å². The number of aryl methyl sites for hydroxylation is 2. The van der Waals surface area contributed by atoms with Gasteiger partial charge >= 0.3 is 5.97 Å². The van der Waals surface area contributed by atoms with Crippen LogP contribution in [0.3, 0.4) is 0 Å². The van der Waals surface area contributed by atoms with E-state index in [1.807, 2.05) is 49.4 Å². The van der Waals surface area contributed by atoms with Crippen molar-refractivity contribution < 1.29 is 14.3 Å². The fourth-order valence-corrected chi connectivity index (χ4v) is 4.66. The van der Waals surface area contributed by atoms with Crippen molar-refractivity contribution in [2.24, 2.45) is 0 Å². The molecule has 0 spiro atoms. The fraction of sp³-hybridized carbons (Fsp3) is 0.207. The Morgan fingerprint density at radius 1 is 0.939 bits per heavy atom. The van der Waals surface area contributed by atoms with Crippen molar-refractivity contribution >= 4 is 22.7 Å². The number of pyridine rings is 1. The number of Topliss-reactive ketones (excluding diaryl/α,β-unsaturated/α-hetero) is 1. The number of esters is 1. The average molecular weight is 436 g/mol. The van der Waals surface area contributed by atoms with Crippen LogP contribution in [0.4, 0.5) is 0 Å². The Bertz CT molecular complexity index is 1330. The van der Waals surface area contributed by atoms with Crippen LogP contribution in [0.15, 0.2) is 78.9 Å². The summed E-state index contributed by atoms with van der Waals surface area (Å²) in [5, 5.41) is 0.776. The van der Waals surface area contributed by atoms with E-state index in [4.69, 9.17) is 9.72 Å². The van der Waals surface area contributed by atoms with Crippen LogP contribution in [0.1, 0.15) is 55.4 Å². The van der Waals surface area contributed by atoms with Crippen LogP contribution in [0.5, 0.6) is 0 Å². The van der Waals surface area contributed by atoms with Crippen LogP contribution < -0.4 is 0 Å². The third-order valence-corrected chi connectivity index (χ3v) is 6.44. The van der Waals surface area contributed by atoms with E-state index in [-0.39, 0.29) is 12.4 Å². The lowest BCUT2D eigenvalue weighted by atomic mass is 9.80. The maximum absolute atomic E-state index is 13.4. The zero-order valence-electron chi connectivity index (χ0n) is 18.6. The first-order valence-corrected chi connectivity index (χ1v) is 11.3. The summed E-state index contributed by atoms with van der Waals surface area (Å²) in [6, 6.07) is 25.4. The van der Waals surface area contributed by atoms with Crippen molar-refractivity contribution in [1.29, 1.82) is 0 Å². The van der Waals surface area contributed by atoms with E-state index in [9.17, 15) is 9.59 Å². The Kier molecular flexibility index (Phi) is 5.74. The van der Waals surface area contributed by atoms with Crippen molar-refractivity contribution in [3.05, 3.63) is 112 Å². The van der Waals surface area contributed by atoms with Gasteiger partial charge < -0.3 is 4.74 Å². The fourth-order valence-electron chi connectivity index (χ4n) is 4.66. The van der Waals surface area contributed by atoms with Crippen LogP contribution in [-0.2, 0) is 17.6 Å². The number of ether oxygens (including phenoxy) is 1. The molecule has 0 saturated heterocycles. The molecule has 4 nitrogen and oxygen atoms in total. The largest absolute Gasteiger partial charge is 0.454 e. The molecule has 1 heterocycles. The standard InChI is InChI=1S/C29H25NO3/c1-19-11-13-21(14-12-19)27(31)18-33-29(32)28-23-9-5-6-10-25(23)30-26-16-15-22(17-24(26)28)20-7-3-2-4-8-20/h2-14,22H,15-18H2,1H3/t22-/m0/s1. The molecule has 1 aliphatic carbocycles. The van der Waals surface area contributed by atoms with E-state index in [0.29, 0.717) is 17.0 Å². The smallest absolute Gasteiger partial charge is 0.339 e. The van der Waals surface area contributed by atoms with Crippen LogP contribution in [0, 0.1) is 6.92 Å². The molecule has 0 saturated carbocycles. The number of rotatable bonds is 5. The van der Waals surface area contributed by atoms with Crippen molar-refractivity contribution in [2.75, 3.05) is 6.61 Å². The van der Waals surface area contributed by atoms with Gasteiger partial charge in [0, 0.05) is 16.6 Å². The minimum atomic E-state index is -0.459. The van der Waals surface area contributed by atoms with E-state index in [2.05, 4.69) is 24.3 Å². The van der Waals surface area contributed by atoms with E-state index in [1.165, 1.54) is 5.56 Å². The maximum Gasteiger partial charge on any atom is 0.339 e. The Morgan fingerprint density at radius 2 is 1.67 bits per heavy atom. The molecule has 0 bridgehead atoms. The predicted octanol–water partition coefficient (Wildman–Crippen LogP) is 5.86. The van der Waals surface area contributed by atoms with Crippen LogP contribution in [0.2, 0.25) is 0 Å². The van der Waals surface area contributed by atoms with Crippen molar-refractivity contribution in [3.8, 4) is 0 Å². The Balaban J connectivity index is 1.47. The topological polar surface area (TPSA) is 56.3 Å². The summed E-state index contributed by atoms with van der Waals surface area (Å²) < 4.78 is 5.57. The van der Waals surface area contributed by atoms with Gasteiger partial charge in [0.25, 0.3) is 0 Å². The van der Waals surface area contributed by atoms with Gasteiger partial charge in [-0.15, -0.1) is 0 Å². The SMILES string of the molecule is Cc1ccc(C(=O)COC(=O)c2c3c(nc4ccccc24)CC[C@H](c2ccccc2)C3)cc1. The summed E-state index contributed by atoms with van der Waals surface area (Å²) in [5.74, 6) is -0.348. The second kappa shape index (κ2) is 8.99. The summed E-state index contributed by atoms with van der Waals surface area (Å²) in [6.07, 6.45) is 2.53. The first-order chi connectivity index (χ1) is 16.1. The summed E-state index contributed by atoms with van der Waals surface area (Å²) in [7, 11) is 0. The Hall–Kier alpha value is -3.79. The molecule has 4 aromatic rings. The molecule has 3 aromatic carbocycles. The predicted molar refractivity (Wildman–Crippen MR) is 129 cm³/mol. The van der Waals surface area contributed by atoms with Gasteiger partial charge in [-0.1, -0.05) is 78.4 Å². The number of hydrogen-bond acceptors (Lipinski definition) is 4. The third-order valence-electron chi connectivity index (χ3n) is 6.44. The van der Waals surface area contributed by atoms with E-state index >= 15 is 0 Å². The lowest BCUT2D eigenvalue weighted by Crippen LogP contribution is -2.21. The van der Waals surface area contributed by atoms with E-state index in [1.54, 1.807) is 12.1 Å². The summed E-state index contributed by atoms with van der Waals surface area (Å²) in [6.45, 7) is 1.68. The highest BCUT2D eigenvalue weighted by molar-refractivity contribution is 6.06. The first-order valence-electron chi connectivity index (χ1n) is 11.3. The summed E-state index contributed by atoms with van der Waals surface area (Å²) >= 11 is 0. The van der Waals surface area contributed by atoms with E-state index in [0.717, 1.165) is 47.0 Å². The minimum Gasteiger partial charge on any atom is -0.454 e. The van der Waals surface area contributed by atoms with Gasteiger partial charge in [0.05, 0.1) is 11.1 Å². The molecular formula is C29H25NO3. The summed E-state index contributed by atoms with van der Waals surface area (Å²) in [4.78, 5) is 30.8. The van der Waals surface area contributed by atoms with Crippen LogP contribution in [0.25, 0.3) is 10.9 Å². The number of nitrogens with zero attached hydrogens (tertiary/aromatic N) is 1. The zero-order chi connectivity index (χ0) is 22.8. The Labute approximate surface area is 193 Å². The molecule has 0 N–H and O–H groups in total. The second-order valence-electron chi connectivity index (χ2n) is 8.64. The molecule has 1 aromatic heterocycles. The molecule has 4 heteroatoms.